The zero-order valence-electron chi connectivity index (χ0n) is 11.1. The van der Waals surface area contributed by atoms with Gasteiger partial charge in [-0.05, 0) is 24.4 Å². The molecule has 0 aliphatic carbocycles. The standard InChI is InChI=1S/C13H24ClN3/c1-4-12(5-2)13(14)9-15-7-6-11-8-16-17(3)10-11/h8,10,12-13,15H,4-7,9H2,1-3H3. The SMILES string of the molecule is CCC(CC)C(Cl)CNCCc1cnn(C)c1. The van der Waals surface area contributed by atoms with Crippen molar-refractivity contribution in [3.63, 3.8) is 0 Å². The van der Waals surface area contributed by atoms with Crippen LogP contribution in [0.15, 0.2) is 12.4 Å². The minimum absolute atomic E-state index is 0.249. The lowest BCUT2D eigenvalue weighted by Gasteiger charge is -2.19. The second-order valence-electron chi connectivity index (χ2n) is 4.57. The summed E-state index contributed by atoms with van der Waals surface area (Å²) in [5.74, 6) is 0.627. The van der Waals surface area contributed by atoms with Crippen molar-refractivity contribution >= 4 is 11.6 Å². The Bertz CT molecular complexity index is 307. The van der Waals surface area contributed by atoms with Crippen LogP contribution in [0, 0.1) is 5.92 Å². The van der Waals surface area contributed by atoms with Crippen molar-refractivity contribution < 1.29 is 0 Å². The zero-order chi connectivity index (χ0) is 12.7. The third-order valence-electron chi connectivity index (χ3n) is 3.25. The van der Waals surface area contributed by atoms with Gasteiger partial charge in [-0.1, -0.05) is 26.7 Å². The van der Waals surface area contributed by atoms with E-state index in [4.69, 9.17) is 11.6 Å². The molecule has 0 aromatic carbocycles. The van der Waals surface area contributed by atoms with E-state index >= 15 is 0 Å². The number of hydrogen-bond donors (Lipinski definition) is 1. The number of nitrogens with one attached hydrogen (secondary N) is 1. The van der Waals surface area contributed by atoms with E-state index in [2.05, 4.69) is 30.5 Å². The van der Waals surface area contributed by atoms with Crippen molar-refractivity contribution in [2.45, 2.75) is 38.5 Å². The molecule has 0 saturated heterocycles. The van der Waals surface area contributed by atoms with Crippen LogP contribution in [-0.2, 0) is 13.5 Å². The number of halogens is 1. The van der Waals surface area contributed by atoms with Crippen molar-refractivity contribution in [2.24, 2.45) is 13.0 Å². The van der Waals surface area contributed by atoms with Crippen molar-refractivity contribution in [1.29, 1.82) is 0 Å². The fourth-order valence-electron chi connectivity index (χ4n) is 2.04. The fourth-order valence-corrected chi connectivity index (χ4v) is 2.51. The Morgan fingerprint density at radius 2 is 2.12 bits per heavy atom. The Hall–Kier alpha value is -0.540. The first kappa shape index (κ1) is 14.5. The smallest absolute Gasteiger partial charge is 0.0522 e. The molecule has 98 valence electrons. The number of aryl methyl sites for hydroxylation is 1. The summed E-state index contributed by atoms with van der Waals surface area (Å²) in [6.45, 7) is 6.28. The predicted molar refractivity (Wildman–Crippen MR) is 73.5 cm³/mol. The van der Waals surface area contributed by atoms with E-state index in [0.717, 1.165) is 32.4 Å². The highest BCUT2D eigenvalue weighted by atomic mass is 35.5. The molecule has 1 rings (SSSR count). The summed E-state index contributed by atoms with van der Waals surface area (Å²) < 4.78 is 1.84. The molecule has 4 heteroatoms. The summed E-state index contributed by atoms with van der Waals surface area (Å²) in [5.41, 5.74) is 1.27. The van der Waals surface area contributed by atoms with Gasteiger partial charge in [0.05, 0.1) is 6.20 Å². The first-order valence-electron chi connectivity index (χ1n) is 6.49. The van der Waals surface area contributed by atoms with Gasteiger partial charge in [0.25, 0.3) is 0 Å². The molecule has 17 heavy (non-hydrogen) atoms. The van der Waals surface area contributed by atoms with Crippen molar-refractivity contribution in [3.8, 4) is 0 Å². The highest BCUT2D eigenvalue weighted by molar-refractivity contribution is 6.21. The second kappa shape index (κ2) is 7.72. The largest absolute Gasteiger partial charge is 0.315 e. The highest BCUT2D eigenvalue weighted by Crippen LogP contribution is 2.17. The molecule has 1 N–H and O–H groups in total. The average Bonchev–Trinajstić information content (AvgIpc) is 2.72. The van der Waals surface area contributed by atoms with E-state index in [1.807, 2.05) is 17.9 Å². The molecule has 0 fully saturated rings. The van der Waals surface area contributed by atoms with E-state index < -0.39 is 0 Å². The predicted octanol–water partition coefficient (Wildman–Crippen LogP) is 2.60. The third-order valence-corrected chi connectivity index (χ3v) is 3.76. The van der Waals surface area contributed by atoms with Gasteiger partial charge < -0.3 is 5.32 Å². The second-order valence-corrected chi connectivity index (χ2v) is 5.13. The van der Waals surface area contributed by atoms with Gasteiger partial charge >= 0.3 is 0 Å². The van der Waals surface area contributed by atoms with E-state index in [-0.39, 0.29) is 5.38 Å². The molecular formula is C13H24ClN3. The van der Waals surface area contributed by atoms with Crippen LogP contribution < -0.4 is 5.32 Å². The molecule has 0 bridgehead atoms. The maximum atomic E-state index is 6.35. The van der Waals surface area contributed by atoms with Gasteiger partial charge in [0.15, 0.2) is 0 Å². The fraction of sp³-hybridized carbons (Fsp3) is 0.769. The lowest BCUT2D eigenvalue weighted by atomic mass is 9.99. The number of hydrogen-bond acceptors (Lipinski definition) is 2. The quantitative estimate of drug-likeness (QED) is 0.573. The topological polar surface area (TPSA) is 29.9 Å². The summed E-state index contributed by atoms with van der Waals surface area (Å²) in [7, 11) is 1.94. The van der Waals surface area contributed by atoms with Crippen LogP contribution in [0.2, 0.25) is 0 Å². The van der Waals surface area contributed by atoms with Gasteiger partial charge in [0.2, 0.25) is 0 Å². The summed E-state index contributed by atoms with van der Waals surface area (Å²) in [6, 6.07) is 0. The monoisotopic (exact) mass is 257 g/mol. The summed E-state index contributed by atoms with van der Waals surface area (Å²) >= 11 is 6.35. The molecule has 0 spiro atoms. The van der Waals surface area contributed by atoms with Crippen LogP contribution in [-0.4, -0.2) is 28.2 Å². The van der Waals surface area contributed by atoms with Gasteiger partial charge in [0.1, 0.15) is 0 Å². The molecule has 0 aliphatic heterocycles. The molecule has 1 atom stereocenters. The van der Waals surface area contributed by atoms with Crippen molar-refractivity contribution in [3.05, 3.63) is 18.0 Å². The van der Waals surface area contributed by atoms with Gasteiger partial charge in [0, 0.05) is 25.2 Å². The lowest BCUT2D eigenvalue weighted by Crippen LogP contribution is -2.30. The summed E-state index contributed by atoms with van der Waals surface area (Å²) in [5, 5.41) is 7.82. The molecule has 0 amide bonds. The van der Waals surface area contributed by atoms with Gasteiger partial charge in [-0.15, -0.1) is 11.6 Å². The van der Waals surface area contributed by atoms with Crippen LogP contribution in [0.4, 0.5) is 0 Å². The highest BCUT2D eigenvalue weighted by Gasteiger charge is 2.14. The Balaban J connectivity index is 2.15. The van der Waals surface area contributed by atoms with Gasteiger partial charge in [-0.3, -0.25) is 4.68 Å². The molecular weight excluding hydrogens is 234 g/mol. The van der Waals surface area contributed by atoms with E-state index in [1.54, 1.807) is 0 Å². The Kier molecular flexibility index (Phi) is 6.60. The number of aromatic nitrogens is 2. The minimum Gasteiger partial charge on any atom is -0.315 e. The molecule has 0 aliphatic rings. The zero-order valence-corrected chi connectivity index (χ0v) is 11.9. The van der Waals surface area contributed by atoms with Crippen LogP contribution >= 0.6 is 11.6 Å². The van der Waals surface area contributed by atoms with Crippen LogP contribution in [0.3, 0.4) is 0 Å². The first-order valence-corrected chi connectivity index (χ1v) is 6.93. The van der Waals surface area contributed by atoms with Gasteiger partial charge in [-0.25, -0.2) is 0 Å². The maximum Gasteiger partial charge on any atom is 0.0522 e. The molecule has 1 aromatic heterocycles. The van der Waals surface area contributed by atoms with Crippen molar-refractivity contribution in [1.82, 2.24) is 15.1 Å². The number of rotatable bonds is 8. The van der Waals surface area contributed by atoms with Crippen molar-refractivity contribution in [2.75, 3.05) is 13.1 Å². The van der Waals surface area contributed by atoms with E-state index in [0.29, 0.717) is 5.92 Å². The van der Waals surface area contributed by atoms with E-state index in [9.17, 15) is 0 Å². The molecule has 0 saturated carbocycles. The van der Waals surface area contributed by atoms with Gasteiger partial charge in [-0.2, -0.15) is 5.10 Å². The van der Waals surface area contributed by atoms with Crippen LogP contribution in [0.1, 0.15) is 32.3 Å². The summed E-state index contributed by atoms with van der Waals surface area (Å²) in [6.07, 6.45) is 7.31. The maximum absolute atomic E-state index is 6.35. The number of nitrogens with zero attached hydrogens (tertiary/aromatic N) is 2. The Morgan fingerprint density at radius 1 is 1.41 bits per heavy atom. The minimum atomic E-state index is 0.249. The first-order chi connectivity index (χ1) is 8.17. The Morgan fingerprint density at radius 3 is 2.65 bits per heavy atom. The molecule has 1 heterocycles. The molecule has 1 unspecified atom stereocenters. The molecule has 3 nitrogen and oxygen atoms in total. The average molecular weight is 258 g/mol. The molecule has 1 aromatic rings. The Labute approximate surface area is 110 Å². The number of alkyl halides is 1. The van der Waals surface area contributed by atoms with Crippen LogP contribution in [0.25, 0.3) is 0 Å². The molecule has 0 radical (unpaired) electrons. The third kappa shape index (κ3) is 5.09. The normalized spacial score (nSPS) is 13.2. The lowest BCUT2D eigenvalue weighted by molar-refractivity contribution is 0.447. The van der Waals surface area contributed by atoms with E-state index in [1.165, 1.54) is 5.56 Å². The summed E-state index contributed by atoms with van der Waals surface area (Å²) in [4.78, 5) is 0. The van der Waals surface area contributed by atoms with Crippen LogP contribution in [0.5, 0.6) is 0 Å².